The van der Waals surface area contributed by atoms with Crippen LogP contribution in [0.15, 0.2) is 24.3 Å². The van der Waals surface area contributed by atoms with Gasteiger partial charge in [-0.25, -0.2) is 0 Å². The number of thioether (sulfide) groups is 1. The molecule has 1 aromatic rings. The molecule has 0 aliphatic heterocycles. The van der Waals surface area contributed by atoms with E-state index in [0.717, 1.165) is 18.0 Å². The third-order valence-electron chi connectivity index (χ3n) is 3.55. The van der Waals surface area contributed by atoms with E-state index in [4.69, 9.17) is 11.6 Å². The number of benzene rings is 1. The molecule has 0 heterocycles. The summed E-state index contributed by atoms with van der Waals surface area (Å²) in [7, 11) is 4.22. The fraction of sp³-hybridized carbons (Fsp3) is 0.600. The summed E-state index contributed by atoms with van der Waals surface area (Å²) in [5, 5.41) is 4.18. The van der Waals surface area contributed by atoms with Gasteiger partial charge < -0.3 is 10.2 Å². The van der Waals surface area contributed by atoms with E-state index in [1.165, 1.54) is 11.3 Å². The van der Waals surface area contributed by atoms with Gasteiger partial charge in [0, 0.05) is 22.9 Å². The van der Waals surface area contributed by atoms with Crippen LogP contribution in [0.2, 0.25) is 5.02 Å². The Labute approximate surface area is 126 Å². The average molecular weight is 301 g/mol. The van der Waals surface area contributed by atoms with Gasteiger partial charge in [-0.2, -0.15) is 11.8 Å². The lowest BCUT2D eigenvalue weighted by Gasteiger charge is -2.26. The highest BCUT2D eigenvalue weighted by molar-refractivity contribution is 7.98. The van der Waals surface area contributed by atoms with Crippen molar-refractivity contribution in [2.75, 3.05) is 32.6 Å². The zero-order chi connectivity index (χ0) is 14.3. The maximum atomic E-state index is 5.93. The van der Waals surface area contributed by atoms with E-state index in [2.05, 4.69) is 42.6 Å². The molecule has 0 amide bonds. The predicted octanol–water partition coefficient (Wildman–Crippen LogP) is 3.67. The van der Waals surface area contributed by atoms with Gasteiger partial charge in [0.15, 0.2) is 0 Å². The third kappa shape index (κ3) is 5.74. The first-order valence-corrected chi connectivity index (χ1v) is 8.47. The van der Waals surface area contributed by atoms with Crippen molar-refractivity contribution < 1.29 is 0 Å². The van der Waals surface area contributed by atoms with Crippen LogP contribution in [0.4, 0.5) is 0 Å². The maximum Gasteiger partial charge on any atom is 0.0406 e. The highest BCUT2D eigenvalue weighted by atomic mass is 35.5. The Balaban J connectivity index is 2.51. The summed E-state index contributed by atoms with van der Waals surface area (Å²) in [6.45, 7) is 3.38. The van der Waals surface area contributed by atoms with Gasteiger partial charge in [-0.1, -0.05) is 23.7 Å². The fourth-order valence-corrected chi connectivity index (χ4v) is 2.96. The van der Waals surface area contributed by atoms with Crippen LogP contribution < -0.4 is 5.32 Å². The number of hydrogen-bond donors (Lipinski definition) is 1. The van der Waals surface area contributed by atoms with Gasteiger partial charge in [0.25, 0.3) is 0 Å². The molecule has 0 aliphatic carbocycles. The van der Waals surface area contributed by atoms with Crippen molar-refractivity contribution in [2.24, 2.45) is 0 Å². The summed E-state index contributed by atoms with van der Waals surface area (Å²) in [4.78, 5) is 2.43. The molecule has 0 saturated heterocycles. The van der Waals surface area contributed by atoms with E-state index >= 15 is 0 Å². The van der Waals surface area contributed by atoms with Crippen molar-refractivity contribution in [3.05, 3.63) is 34.9 Å². The van der Waals surface area contributed by atoms with E-state index in [0.29, 0.717) is 12.1 Å². The zero-order valence-electron chi connectivity index (χ0n) is 12.3. The van der Waals surface area contributed by atoms with Crippen LogP contribution in [-0.2, 0) is 0 Å². The molecule has 1 aromatic carbocycles. The molecule has 108 valence electrons. The zero-order valence-corrected chi connectivity index (χ0v) is 13.9. The number of nitrogens with one attached hydrogen (secondary N) is 1. The molecule has 0 bridgehead atoms. The molecular formula is C15H25ClN2S. The SMILES string of the molecule is CNC(CCN(C)C(C)CSC)c1ccc(Cl)cc1. The van der Waals surface area contributed by atoms with Crippen molar-refractivity contribution in [1.29, 1.82) is 0 Å². The van der Waals surface area contributed by atoms with Crippen LogP contribution in [0.1, 0.15) is 24.9 Å². The van der Waals surface area contributed by atoms with Crippen LogP contribution in [-0.4, -0.2) is 43.6 Å². The molecular weight excluding hydrogens is 276 g/mol. The summed E-state index contributed by atoms with van der Waals surface area (Å²) >= 11 is 7.84. The molecule has 0 aliphatic rings. The van der Waals surface area contributed by atoms with E-state index in [1.54, 1.807) is 0 Å². The number of halogens is 1. The van der Waals surface area contributed by atoms with Gasteiger partial charge in [0.2, 0.25) is 0 Å². The quantitative estimate of drug-likeness (QED) is 0.788. The molecule has 0 spiro atoms. The van der Waals surface area contributed by atoms with Crippen molar-refractivity contribution in [3.8, 4) is 0 Å². The first-order valence-electron chi connectivity index (χ1n) is 6.70. The Kier molecular flexibility index (Phi) is 7.84. The van der Waals surface area contributed by atoms with E-state index in [-0.39, 0.29) is 0 Å². The second-order valence-electron chi connectivity index (χ2n) is 4.97. The monoisotopic (exact) mass is 300 g/mol. The number of nitrogens with zero attached hydrogens (tertiary/aromatic N) is 1. The minimum Gasteiger partial charge on any atom is -0.313 e. The molecule has 2 nitrogen and oxygen atoms in total. The van der Waals surface area contributed by atoms with E-state index < -0.39 is 0 Å². The molecule has 4 heteroatoms. The number of hydrogen-bond acceptors (Lipinski definition) is 3. The van der Waals surface area contributed by atoms with Crippen LogP contribution in [0, 0.1) is 0 Å². The molecule has 2 unspecified atom stereocenters. The molecule has 0 fully saturated rings. The molecule has 2 atom stereocenters. The van der Waals surface area contributed by atoms with Crippen LogP contribution in [0.25, 0.3) is 0 Å². The lowest BCUT2D eigenvalue weighted by atomic mass is 10.0. The summed E-state index contributed by atoms with van der Waals surface area (Å²) in [5.74, 6) is 1.18. The maximum absolute atomic E-state index is 5.93. The Hall–Kier alpha value is -0.220. The van der Waals surface area contributed by atoms with Gasteiger partial charge in [0.05, 0.1) is 0 Å². The van der Waals surface area contributed by atoms with E-state index in [1.807, 2.05) is 30.9 Å². The predicted molar refractivity (Wildman–Crippen MR) is 88.3 cm³/mol. The van der Waals surface area contributed by atoms with Crippen LogP contribution in [0.3, 0.4) is 0 Å². The highest BCUT2D eigenvalue weighted by Crippen LogP contribution is 2.19. The Morgan fingerprint density at radius 1 is 1.32 bits per heavy atom. The Morgan fingerprint density at radius 3 is 2.47 bits per heavy atom. The second-order valence-corrected chi connectivity index (χ2v) is 6.31. The normalized spacial score (nSPS) is 14.6. The second kappa shape index (κ2) is 8.85. The standard InChI is InChI=1S/C15H25ClN2S/c1-12(11-19-4)18(3)10-9-15(17-2)13-5-7-14(16)8-6-13/h5-8,12,15,17H,9-11H2,1-4H3. The molecule has 0 aromatic heterocycles. The third-order valence-corrected chi connectivity index (χ3v) is 4.62. The van der Waals surface area contributed by atoms with Crippen molar-refractivity contribution in [3.63, 3.8) is 0 Å². The molecule has 19 heavy (non-hydrogen) atoms. The Morgan fingerprint density at radius 2 is 1.95 bits per heavy atom. The first kappa shape index (κ1) is 16.8. The van der Waals surface area contributed by atoms with Crippen molar-refractivity contribution in [1.82, 2.24) is 10.2 Å². The van der Waals surface area contributed by atoms with Crippen LogP contribution >= 0.6 is 23.4 Å². The minimum atomic E-state index is 0.390. The summed E-state index contributed by atoms with van der Waals surface area (Å²) in [6, 6.07) is 9.14. The molecule has 1 N–H and O–H groups in total. The average Bonchev–Trinajstić information content (AvgIpc) is 2.41. The summed E-state index contributed by atoms with van der Waals surface area (Å²) < 4.78 is 0. The Bertz CT molecular complexity index is 356. The van der Waals surface area contributed by atoms with Gasteiger partial charge >= 0.3 is 0 Å². The lowest BCUT2D eigenvalue weighted by Crippen LogP contribution is -2.33. The number of rotatable bonds is 8. The fourth-order valence-electron chi connectivity index (χ4n) is 2.09. The van der Waals surface area contributed by atoms with E-state index in [9.17, 15) is 0 Å². The van der Waals surface area contributed by atoms with Crippen molar-refractivity contribution in [2.45, 2.75) is 25.4 Å². The van der Waals surface area contributed by atoms with Gasteiger partial charge in [-0.15, -0.1) is 0 Å². The van der Waals surface area contributed by atoms with Crippen LogP contribution in [0.5, 0.6) is 0 Å². The minimum absolute atomic E-state index is 0.390. The molecule has 1 rings (SSSR count). The lowest BCUT2D eigenvalue weighted by molar-refractivity contribution is 0.262. The molecule has 0 saturated carbocycles. The summed E-state index contributed by atoms with van der Waals surface area (Å²) in [5.41, 5.74) is 1.30. The largest absolute Gasteiger partial charge is 0.313 e. The van der Waals surface area contributed by atoms with Gasteiger partial charge in [0.1, 0.15) is 0 Å². The van der Waals surface area contributed by atoms with Gasteiger partial charge in [-0.3, -0.25) is 0 Å². The highest BCUT2D eigenvalue weighted by Gasteiger charge is 2.13. The summed E-state index contributed by atoms with van der Waals surface area (Å²) in [6.07, 6.45) is 3.27. The molecule has 0 radical (unpaired) electrons. The van der Waals surface area contributed by atoms with Gasteiger partial charge in [-0.05, 0) is 57.9 Å². The topological polar surface area (TPSA) is 15.3 Å². The first-order chi connectivity index (χ1) is 9.08. The van der Waals surface area contributed by atoms with Crippen molar-refractivity contribution >= 4 is 23.4 Å². The smallest absolute Gasteiger partial charge is 0.0406 e.